The molecular formula is C18H18O4. The highest BCUT2D eigenvalue weighted by atomic mass is 16.5. The van der Waals surface area contributed by atoms with Crippen LogP contribution in [0, 0.1) is 6.92 Å². The Morgan fingerprint density at radius 1 is 1.05 bits per heavy atom. The second-order valence-electron chi connectivity index (χ2n) is 5.33. The third kappa shape index (κ3) is 2.07. The maximum atomic E-state index is 12.8. The molecule has 0 fully saturated rings. The lowest BCUT2D eigenvalue weighted by atomic mass is 9.80. The second-order valence-corrected chi connectivity index (χ2v) is 5.33. The van der Waals surface area contributed by atoms with E-state index in [9.17, 15) is 4.79 Å². The van der Waals surface area contributed by atoms with E-state index in [0.717, 1.165) is 16.7 Å². The van der Waals surface area contributed by atoms with Crippen LogP contribution in [0.2, 0.25) is 0 Å². The summed E-state index contributed by atoms with van der Waals surface area (Å²) >= 11 is 0. The van der Waals surface area contributed by atoms with E-state index in [1.807, 2.05) is 31.2 Å². The van der Waals surface area contributed by atoms with Crippen molar-refractivity contribution in [3.8, 4) is 0 Å². The van der Waals surface area contributed by atoms with Crippen LogP contribution in [0.5, 0.6) is 0 Å². The van der Waals surface area contributed by atoms with E-state index in [2.05, 4.69) is 0 Å². The van der Waals surface area contributed by atoms with Crippen LogP contribution in [-0.2, 0) is 14.2 Å². The molecule has 3 rings (SSSR count). The quantitative estimate of drug-likeness (QED) is 0.860. The number of Topliss-reactive ketones (excluding diaryl/α,β-unsaturated/α-hetero) is 1. The molecule has 0 heterocycles. The van der Waals surface area contributed by atoms with E-state index in [-0.39, 0.29) is 5.78 Å². The van der Waals surface area contributed by atoms with Crippen LogP contribution in [0.25, 0.3) is 6.08 Å². The zero-order valence-electron chi connectivity index (χ0n) is 13.1. The predicted molar refractivity (Wildman–Crippen MR) is 83.4 cm³/mol. The molecule has 0 aliphatic heterocycles. The summed E-state index contributed by atoms with van der Waals surface area (Å²) in [5.74, 6) is 1.08. The molecule has 0 spiro atoms. The number of hydrogen-bond acceptors (Lipinski definition) is 4. The van der Waals surface area contributed by atoms with Crippen LogP contribution in [0.4, 0.5) is 0 Å². The highest BCUT2D eigenvalue weighted by Gasteiger charge is 2.36. The molecule has 4 heteroatoms. The number of methoxy groups -OCH3 is 3. The van der Waals surface area contributed by atoms with Crippen molar-refractivity contribution >= 4 is 11.9 Å². The molecule has 0 aromatic heterocycles. The van der Waals surface area contributed by atoms with Crippen molar-refractivity contribution in [3.63, 3.8) is 0 Å². The zero-order valence-corrected chi connectivity index (χ0v) is 13.1. The van der Waals surface area contributed by atoms with Gasteiger partial charge in [-0.05, 0) is 24.6 Å². The van der Waals surface area contributed by atoms with Crippen molar-refractivity contribution in [2.24, 2.45) is 0 Å². The van der Waals surface area contributed by atoms with E-state index in [1.54, 1.807) is 27.4 Å². The molecule has 0 N–H and O–H groups in total. The maximum absolute atomic E-state index is 12.8. The van der Waals surface area contributed by atoms with Gasteiger partial charge in [-0.1, -0.05) is 23.8 Å². The van der Waals surface area contributed by atoms with Gasteiger partial charge in [0.25, 0.3) is 0 Å². The van der Waals surface area contributed by atoms with Crippen LogP contribution >= 0.6 is 0 Å². The molecule has 1 aromatic rings. The fourth-order valence-corrected chi connectivity index (χ4v) is 2.97. The van der Waals surface area contributed by atoms with Crippen LogP contribution in [-0.4, -0.2) is 33.2 Å². The van der Waals surface area contributed by atoms with Gasteiger partial charge in [0.15, 0.2) is 17.3 Å². The average molecular weight is 298 g/mol. The molecule has 114 valence electrons. The normalized spacial score (nSPS) is 20.0. The molecule has 1 unspecified atom stereocenters. The zero-order chi connectivity index (χ0) is 15.9. The summed E-state index contributed by atoms with van der Waals surface area (Å²) in [6.07, 6.45) is 3.28. The number of carbonyl (C=O) groups is 1. The summed E-state index contributed by atoms with van der Waals surface area (Å²) in [6.45, 7) is 2.01. The lowest BCUT2D eigenvalue weighted by Gasteiger charge is -2.30. The van der Waals surface area contributed by atoms with Gasteiger partial charge in [-0.25, -0.2) is 0 Å². The van der Waals surface area contributed by atoms with Crippen molar-refractivity contribution in [2.45, 2.75) is 13.0 Å². The molecule has 1 aromatic carbocycles. The summed E-state index contributed by atoms with van der Waals surface area (Å²) in [5.41, 5.74) is 4.13. The minimum atomic E-state index is -0.447. The number of rotatable bonds is 3. The van der Waals surface area contributed by atoms with Crippen LogP contribution in [0.3, 0.4) is 0 Å². The van der Waals surface area contributed by atoms with Gasteiger partial charge in [0.1, 0.15) is 6.10 Å². The number of hydrogen-bond donors (Lipinski definition) is 0. The van der Waals surface area contributed by atoms with Gasteiger partial charge < -0.3 is 14.2 Å². The highest BCUT2D eigenvalue weighted by molar-refractivity contribution is 6.17. The number of ketones is 1. The fraction of sp³-hybridized carbons (Fsp3) is 0.278. The molecule has 0 saturated heterocycles. The Bertz CT molecular complexity index is 737. The molecule has 0 amide bonds. The highest BCUT2D eigenvalue weighted by Crippen LogP contribution is 2.38. The Kier molecular flexibility index (Phi) is 3.62. The first-order chi connectivity index (χ1) is 10.6. The molecular weight excluding hydrogens is 280 g/mol. The van der Waals surface area contributed by atoms with Crippen molar-refractivity contribution in [2.75, 3.05) is 21.3 Å². The number of ether oxygens (including phenoxy) is 3. The summed E-state index contributed by atoms with van der Waals surface area (Å²) < 4.78 is 16.3. The smallest absolute Gasteiger partial charge is 0.194 e. The van der Waals surface area contributed by atoms with Crippen molar-refractivity contribution in [1.82, 2.24) is 0 Å². The first-order valence-electron chi connectivity index (χ1n) is 7.04. The van der Waals surface area contributed by atoms with E-state index in [1.165, 1.54) is 0 Å². The summed E-state index contributed by atoms with van der Waals surface area (Å²) in [5, 5.41) is 0. The van der Waals surface area contributed by atoms with Crippen molar-refractivity contribution < 1.29 is 19.0 Å². The van der Waals surface area contributed by atoms with E-state index < -0.39 is 6.10 Å². The Balaban J connectivity index is 2.23. The molecule has 2 aliphatic carbocycles. The number of carbonyl (C=O) groups excluding carboxylic acids is 1. The Hall–Kier alpha value is -2.33. The van der Waals surface area contributed by atoms with Gasteiger partial charge in [0.05, 0.1) is 14.2 Å². The molecule has 0 bridgehead atoms. The predicted octanol–water partition coefficient (Wildman–Crippen LogP) is 3.03. The minimum Gasteiger partial charge on any atom is -0.494 e. The van der Waals surface area contributed by atoms with Crippen LogP contribution in [0.15, 0.2) is 46.9 Å². The third-order valence-corrected chi connectivity index (χ3v) is 4.03. The first kappa shape index (κ1) is 14.6. The molecule has 2 aliphatic rings. The van der Waals surface area contributed by atoms with E-state index in [4.69, 9.17) is 14.2 Å². The van der Waals surface area contributed by atoms with Gasteiger partial charge in [-0.3, -0.25) is 4.79 Å². The monoisotopic (exact) mass is 298 g/mol. The average Bonchev–Trinajstić information content (AvgIpc) is 2.53. The van der Waals surface area contributed by atoms with E-state index in [0.29, 0.717) is 22.7 Å². The van der Waals surface area contributed by atoms with Crippen LogP contribution < -0.4 is 0 Å². The maximum Gasteiger partial charge on any atom is 0.194 e. The number of benzene rings is 1. The number of allylic oxidation sites excluding steroid dienone is 1. The molecule has 1 atom stereocenters. The van der Waals surface area contributed by atoms with Crippen molar-refractivity contribution in [1.29, 1.82) is 0 Å². The van der Waals surface area contributed by atoms with Gasteiger partial charge in [-0.2, -0.15) is 0 Å². The largest absolute Gasteiger partial charge is 0.494 e. The lowest BCUT2D eigenvalue weighted by molar-refractivity contribution is 0.0860. The Morgan fingerprint density at radius 3 is 2.45 bits per heavy atom. The minimum absolute atomic E-state index is 0.0146. The Labute approximate surface area is 129 Å². The summed E-state index contributed by atoms with van der Waals surface area (Å²) in [7, 11) is 4.72. The summed E-state index contributed by atoms with van der Waals surface area (Å²) in [6, 6.07) is 5.82. The van der Waals surface area contributed by atoms with E-state index >= 15 is 0 Å². The summed E-state index contributed by atoms with van der Waals surface area (Å²) in [4.78, 5) is 12.8. The fourth-order valence-electron chi connectivity index (χ4n) is 2.97. The lowest BCUT2D eigenvalue weighted by Crippen LogP contribution is -2.29. The molecule has 0 saturated carbocycles. The topological polar surface area (TPSA) is 44.8 Å². The van der Waals surface area contributed by atoms with Crippen molar-refractivity contribution in [3.05, 3.63) is 63.6 Å². The van der Waals surface area contributed by atoms with Gasteiger partial charge in [-0.15, -0.1) is 0 Å². The first-order valence-corrected chi connectivity index (χ1v) is 7.04. The Morgan fingerprint density at radius 2 is 1.82 bits per heavy atom. The third-order valence-electron chi connectivity index (χ3n) is 4.03. The SMILES string of the molecule is COC1=C(OC)C(OC)C2=Cc3cc(C)ccc3C(=O)C2=C1. The number of aryl methyl sites for hydroxylation is 1. The van der Waals surface area contributed by atoms with Gasteiger partial charge in [0.2, 0.25) is 0 Å². The molecule has 0 radical (unpaired) electrons. The number of fused-ring (bicyclic) bond motifs is 2. The standard InChI is InChI=1S/C18H18O4/c1-10-5-6-12-11(7-10)8-14-13(16(12)19)9-15(20-2)18(22-4)17(14)21-3/h5-9,17H,1-4H3. The molecule has 4 nitrogen and oxygen atoms in total. The van der Waals surface area contributed by atoms with Crippen LogP contribution in [0.1, 0.15) is 21.5 Å². The molecule has 22 heavy (non-hydrogen) atoms. The van der Waals surface area contributed by atoms with Gasteiger partial charge >= 0.3 is 0 Å². The van der Waals surface area contributed by atoms with Gasteiger partial charge in [0, 0.05) is 23.8 Å². The second kappa shape index (κ2) is 5.46.